The van der Waals surface area contributed by atoms with Gasteiger partial charge in [-0.25, -0.2) is 0 Å². The van der Waals surface area contributed by atoms with Crippen LogP contribution in [0.5, 0.6) is 5.75 Å². The molecule has 0 saturated carbocycles. The van der Waals surface area contributed by atoms with Crippen molar-refractivity contribution < 1.29 is 14.5 Å². The highest BCUT2D eigenvalue weighted by Crippen LogP contribution is 2.32. The van der Waals surface area contributed by atoms with Gasteiger partial charge < -0.3 is 14.5 Å². The van der Waals surface area contributed by atoms with Crippen LogP contribution in [0.2, 0.25) is 5.02 Å². The zero-order chi connectivity index (χ0) is 15.4. The number of rotatable bonds is 5. The molecule has 0 aromatic heterocycles. The molecular weight excluding hydrogens is 296 g/mol. The second kappa shape index (κ2) is 7.32. The smallest absolute Gasteiger partial charge is 0.138 e. The van der Waals surface area contributed by atoms with Crippen molar-refractivity contribution in [3.05, 3.63) is 41.4 Å². The highest BCUT2D eigenvalue weighted by Gasteiger charge is 2.21. The van der Waals surface area contributed by atoms with Crippen LogP contribution in [0.3, 0.4) is 0 Å². The van der Waals surface area contributed by atoms with Gasteiger partial charge in [0.2, 0.25) is 0 Å². The number of hydrogen-bond donors (Lipinski definition) is 2. The van der Waals surface area contributed by atoms with Gasteiger partial charge in [-0.05, 0) is 18.4 Å². The maximum atomic E-state index is 6.47. The average Bonchev–Trinajstić information content (AvgIpc) is 2.58. The van der Waals surface area contributed by atoms with Crippen LogP contribution in [0.25, 0.3) is 10.8 Å². The molecule has 1 aliphatic heterocycles. The van der Waals surface area contributed by atoms with E-state index in [9.17, 15) is 0 Å². The van der Waals surface area contributed by atoms with Gasteiger partial charge in [0.05, 0.1) is 11.6 Å². The summed E-state index contributed by atoms with van der Waals surface area (Å²) >= 11 is 6.47. The number of nitrogens with one attached hydrogen (secondary N) is 2. The number of halogens is 1. The first-order valence-corrected chi connectivity index (χ1v) is 8.63. The molecule has 0 atom stereocenters. The molecule has 4 heteroatoms. The number of quaternary nitrogens is 2. The molecule has 0 aliphatic carbocycles. The van der Waals surface area contributed by atoms with Crippen LogP contribution in [-0.4, -0.2) is 45.9 Å². The lowest BCUT2D eigenvalue weighted by molar-refractivity contribution is -1.01. The van der Waals surface area contributed by atoms with E-state index in [1.165, 1.54) is 32.7 Å². The van der Waals surface area contributed by atoms with E-state index in [4.69, 9.17) is 16.3 Å². The number of likely N-dealkylation sites (N-methyl/N-ethyl adjacent to an activating group) is 1. The molecule has 0 spiro atoms. The van der Waals surface area contributed by atoms with Gasteiger partial charge in [0.25, 0.3) is 0 Å². The van der Waals surface area contributed by atoms with E-state index in [0.29, 0.717) is 0 Å². The van der Waals surface area contributed by atoms with Gasteiger partial charge in [0.15, 0.2) is 0 Å². The van der Waals surface area contributed by atoms with Crippen LogP contribution >= 0.6 is 11.6 Å². The predicted octanol–water partition coefficient (Wildman–Crippen LogP) is 0.675. The Bertz CT molecular complexity index is 624. The largest absolute Gasteiger partial charge is 0.486 e. The standard InChI is InChI=1S/C18H23ClN2O/c1-2-20-9-11-21(12-10-20)13-14-22-17-8-7-15-5-3-4-6-16(15)18(17)19/h3-8H,2,9-14H2,1H3/p+2. The second-order valence-electron chi connectivity index (χ2n) is 6.05. The summed E-state index contributed by atoms with van der Waals surface area (Å²) in [5.41, 5.74) is 0. The Kier molecular flexibility index (Phi) is 5.19. The van der Waals surface area contributed by atoms with Crippen LogP contribution in [0, 0.1) is 0 Å². The first-order valence-electron chi connectivity index (χ1n) is 8.25. The molecule has 2 N–H and O–H groups in total. The van der Waals surface area contributed by atoms with Gasteiger partial charge in [-0.2, -0.15) is 0 Å². The van der Waals surface area contributed by atoms with Gasteiger partial charge in [-0.1, -0.05) is 41.9 Å². The van der Waals surface area contributed by atoms with Gasteiger partial charge in [-0.15, -0.1) is 0 Å². The molecule has 0 bridgehead atoms. The van der Waals surface area contributed by atoms with E-state index in [1.54, 1.807) is 9.80 Å². The number of ether oxygens (including phenoxy) is 1. The van der Waals surface area contributed by atoms with E-state index in [-0.39, 0.29) is 0 Å². The molecule has 2 aromatic rings. The summed E-state index contributed by atoms with van der Waals surface area (Å²) in [6.45, 7) is 10.4. The van der Waals surface area contributed by atoms with Crippen molar-refractivity contribution in [2.45, 2.75) is 6.92 Å². The van der Waals surface area contributed by atoms with Crippen LogP contribution in [0.15, 0.2) is 36.4 Å². The number of fused-ring (bicyclic) bond motifs is 1. The van der Waals surface area contributed by atoms with Crippen molar-refractivity contribution in [3.8, 4) is 5.75 Å². The van der Waals surface area contributed by atoms with Crippen molar-refractivity contribution in [1.82, 2.24) is 0 Å². The predicted molar refractivity (Wildman–Crippen MR) is 91.3 cm³/mol. The molecule has 0 radical (unpaired) electrons. The molecule has 0 unspecified atom stereocenters. The normalized spacial score (nSPS) is 21.9. The van der Waals surface area contributed by atoms with Gasteiger partial charge in [-0.3, -0.25) is 0 Å². The molecule has 22 heavy (non-hydrogen) atoms. The summed E-state index contributed by atoms with van der Waals surface area (Å²) in [5, 5.41) is 2.95. The fourth-order valence-electron chi connectivity index (χ4n) is 3.19. The van der Waals surface area contributed by atoms with Crippen molar-refractivity contribution in [2.24, 2.45) is 0 Å². The minimum Gasteiger partial charge on any atom is -0.486 e. The van der Waals surface area contributed by atoms with Crippen molar-refractivity contribution >= 4 is 22.4 Å². The highest BCUT2D eigenvalue weighted by molar-refractivity contribution is 6.37. The molecule has 3 rings (SSSR count). The molecule has 3 nitrogen and oxygen atoms in total. The van der Waals surface area contributed by atoms with E-state index >= 15 is 0 Å². The SMILES string of the molecule is CC[NH+]1CC[NH+](CCOc2ccc3ccccc3c2Cl)CC1. The zero-order valence-electron chi connectivity index (χ0n) is 13.2. The average molecular weight is 321 g/mol. The van der Waals surface area contributed by atoms with Crippen LogP contribution in [0.1, 0.15) is 6.92 Å². The molecule has 1 heterocycles. The third-order valence-electron chi connectivity index (χ3n) is 4.71. The Morgan fingerprint density at radius 1 is 1.00 bits per heavy atom. The lowest BCUT2D eigenvalue weighted by Gasteiger charge is -2.28. The van der Waals surface area contributed by atoms with Gasteiger partial charge in [0.1, 0.15) is 45.1 Å². The van der Waals surface area contributed by atoms with Gasteiger partial charge >= 0.3 is 0 Å². The van der Waals surface area contributed by atoms with Crippen LogP contribution < -0.4 is 14.5 Å². The summed E-state index contributed by atoms with van der Waals surface area (Å²) in [6.07, 6.45) is 0. The number of benzene rings is 2. The minimum absolute atomic E-state index is 0.730. The Morgan fingerprint density at radius 3 is 2.50 bits per heavy atom. The molecule has 1 aliphatic rings. The van der Waals surface area contributed by atoms with E-state index < -0.39 is 0 Å². The Hall–Kier alpha value is -1.29. The summed E-state index contributed by atoms with van der Waals surface area (Å²) in [7, 11) is 0. The summed E-state index contributed by atoms with van der Waals surface area (Å²) in [4.78, 5) is 3.37. The Balaban J connectivity index is 1.55. The molecular formula is C18H25ClN2O+2. The number of piperazine rings is 1. The van der Waals surface area contributed by atoms with Crippen molar-refractivity contribution in [3.63, 3.8) is 0 Å². The fraction of sp³-hybridized carbons (Fsp3) is 0.444. The first-order chi connectivity index (χ1) is 10.8. The van der Waals surface area contributed by atoms with Crippen LogP contribution in [0.4, 0.5) is 0 Å². The molecule has 2 aromatic carbocycles. The van der Waals surface area contributed by atoms with Crippen molar-refractivity contribution in [1.29, 1.82) is 0 Å². The second-order valence-corrected chi connectivity index (χ2v) is 6.43. The topological polar surface area (TPSA) is 18.1 Å². The molecule has 1 fully saturated rings. The lowest BCUT2D eigenvalue weighted by atomic mass is 10.1. The van der Waals surface area contributed by atoms with Crippen LogP contribution in [-0.2, 0) is 0 Å². The first kappa shape index (κ1) is 15.6. The quantitative estimate of drug-likeness (QED) is 0.829. The maximum Gasteiger partial charge on any atom is 0.138 e. The molecule has 0 amide bonds. The Morgan fingerprint density at radius 2 is 1.73 bits per heavy atom. The lowest BCUT2D eigenvalue weighted by Crippen LogP contribution is -3.28. The third-order valence-corrected chi connectivity index (χ3v) is 5.10. The molecule has 118 valence electrons. The zero-order valence-corrected chi connectivity index (χ0v) is 14.0. The minimum atomic E-state index is 0.730. The van der Waals surface area contributed by atoms with Crippen molar-refractivity contribution in [2.75, 3.05) is 45.9 Å². The Labute approximate surface area is 137 Å². The highest BCUT2D eigenvalue weighted by atomic mass is 35.5. The van der Waals surface area contributed by atoms with E-state index in [2.05, 4.69) is 19.1 Å². The van der Waals surface area contributed by atoms with E-state index in [0.717, 1.165) is 34.7 Å². The van der Waals surface area contributed by atoms with Gasteiger partial charge in [0, 0.05) is 5.39 Å². The fourth-order valence-corrected chi connectivity index (χ4v) is 3.48. The maximum absolute atomic E-state index is 6.47. The summed E-state index contributed by atoms with van der Waals surface area (Å²) < 4.78 is 5.94. The third kappa shape index (κ3) is 3.54. The molecule has 1 saturated heterocycles. The summed E-state index contributed by atoms with van der Waals surface area (Å²) in [6, 6.07) is 12.2. The monoisotopic (exact) mass is 320 g/mol. The van der Waals surface area contributed by atoms with E-state index in [1.807, 2.05) is 24.3 Å². The summed E-state index contributed by atoms with van der Waals surface area (Å²) in [5.74, 6) is 0.803. The number of hydrogen-bond acceptors (Lipinski definition) is 1.